The zero-order valence-corrected chi connectivity index (χ0v) is 12.1. The van der Waals surface area contributed by atoms with Gasteiger partial charge in [-0.25, -0.2) is 0 Å². The van der Waals surface area contributed by atoms with Gasteiger partial charge in [-0.1, -0.05) is 17.3 Å². The summed E-state index contributed by atoms with van der Waals surface area (Å²) in [6.07, 6.45) is 3.10. The molecular weight excluding hydrogens is 322 g/mol. The van der Waals surface area contributed by atoms with Crippen molar-refractivity contribution in [2.45, 2.75) is 6.92 Å². The minimum Gasteiger partial charge on any atom is -0.361 e. The van der Waals surface area contributed by atoms with Crippen LogP contribution in [0.4, 0.5) is 5.69 Å². The zero-order chi connectivity index (χ0) is 14.1. The van der Waals surface area contributed by atoms with E-state index in [9.17, 15) is 4.79 Å². The highest BCUT2D eigenvalue weighted by Crippen LogP contribution is 2.24. The van der Waals surface area contributed by atoms with Crippen LogP contribution in [0.5, 0.6) is 0 Å². The number of carbonyl (C=O) groups is 1. The second kappa shape index (κ2) is 5.05. The number of nitrogens with zero attached hydrogens (tertiary/aromatic N) is 2. The van der Waals surface area contributed by atoms with E-state index in [0.29, 0.717) is 17.0 Å². The van der Waals surface area contributed by atoms with Crippen molar-refractivity contribution >= 4 is 38.4 Å². The fourth-order valence-corrected chi connectivity index (χ4v) is 2.29. The highest BCUT2D eigenvalue weighted by atomic mass is 79.9. The first-order valence-corrected chi connectivity index (χ1v) is 6.71. The van der Waals surface area contributed by atoms with E-state index in [1.54, 1.807) is 13.1 Å². The lowest BCUT2D eigenvalue weighted by atomic mass is 10.2. The fraction of sp³-hybridized carbons (Fsp3) is 0.0714. The molecule has 5 nitrogen and oxygen atoms in total. The monoisotopic (exact) mass is 331 g/mol. The molecule has 0 radical (unpaired) electrons. The van der Waals surface area contributed by atoms with Crippen LogP contribution in [-0.2, 0) is 0 Å². The summed E-state index contributed by atoms with van der Waals surface area (Å²) in [4.78, 5) is 16.5. The first-order valence-electron chi connectivity index (χ1n) is 5.92. The van der Waals surface area contributed by atoms with E-state index >= 15 is 0 Å². The molecule has 2 aromatic heterocycles. The lowest BCUT2D eigenvalue weighted by Gasteiger charge is -2.07. The molecule has 20 heavy (non-hydrogen) atoms. The molecule has 0 fully saturated rings. The molecule has 0 bridgehead atoms. The van der Waals surface area contributed by atoms with Crippen molar-refractivity contribution in [1.82, 2.24) is 10.1 Å². The summed E-state index contributed by atoms with van der Waals surface area (Å²) in [5.74, 6) is 0.222. The smallest absolute Gasteiger partial charge is 0.260 e. The number of anilines is 1. The van der Waals surface area contributed by atoms with Gasteiger partial charge in [-0.3, -0.25) is 9.78 Å². The van der Waals surface area contributed by atoms with Gasteiger partial charge >= 0.3 is 0 Å². The van der Waals surface area contributed by atoms with E-state index in [0.717, 1.165) is 15.4 Å². The number of aromatic nitrogens is 2. The van der Waals surface area contributed by atoms with Crippen LogP contribution >= 0.6 is 15.9 Å². The summed E-state index contributed by atoms with van der Waals surface area (Å²) in [6, 6.07) is 7.56. The number of amides is 1. The minimum atomic E-state index is -0.263. The summed E-state index contributed by atoms with van der Waals surface area (Å²) in [5, 5.41) is 7.38. The molecule has 3 rings (SSSR count). The van der Waals surface area contributed by atoms with Crippen molar-refractivity contribution in [3.8, 4) is 0 Å². The number of para-hydroxylation sites is 1. The van der Waals surface area contributed by atoms with Crippen molar-refractivity contribution in [2.75, 3.05) is 5.32 Å². The average Bonchev–Trinajstić information content (AvgIpc) is 2.85. The Morgan fingerprint density at radius 2 is 2.20 bits per heavy atom. The van der Waals surface area contributed by atoms with Crippen LogP contribution in [0.3, 0.4) is 0 Å². The molecule has 0 spiro atoms. The van der Waals surface area contributed by atoms with E-state index in [1.165, 1.54) is 6.20 Å². The largest absolute Gasteiger partial charge is 0.361 e. The second-order valence-corrected chi connectivity index (χ2v) is 5.20. The molecule has 100 valence electrons. The van der Waals surface area contributed by atoms with Crippen molar-refractivity contribution in [2.24, 2.45) is 0 Å². The summed E-state index contributed by atoms with van der Waals surface area (Å²) >= 11 is 3.38. The number of aryl methyl sites for hydroxylation is 1. The molecule has 0 aliphatic rings. The topological polar surface area (TPSA) is 68.0 Å². The van der Waals surface area contributed by atoms with E-state index in [1.807, 2.05) is 24.3 Å². The number of benzene rings is 1. The van der Waals surface area contributed by atoms with Gasteiger partial charge < -0.3 is 9.84 Å². The Bertz CT molecular complexity index is 798. The molecule has 0 atom stereocenters. The summed E-state index contributed by atoms with van der Waals surface area (Å²) in [6.45, 7) is 1.69. The summed E-state index contributed by atoms with van der Waals surface area (Å²) < 4.78 is 5.79. The fourth-order valence-electron chi connectivity index (χ4n) is 1.94. The van der Waals surface area contributed by atoms with Gasteiger partial charge in [0, 0.05) is 16.1 Å². The molecule has 0 aliphatic heterocycles. The molecular formula is C14H10BrN3O2. The van der Waals surface area contributed by atoms with Crippen molar-refractivity contribution in [3.63, 3.8) is 0 Å². The number of rotatable bonds is 2. The quantitative estimate of drug-likeness (QED) is 0.779. The number of hydrogen-bond donors (Lipinski definition) is 1. The van der Waals surface area contributed by atoms with E-state index in [-0.39, 0.29) is 5.91 Å². The molecule has 2 heterocycles. The third-order valence-electron chi connectivity index (χ3n) is 2.92. The highest BCUT2D eigenvalue weighted by molar-refractivity contribution is 9.10. The average molecular weight is 332 g/mol. The van der Waals surface area contributed by atoms with Crippen molar-refractivity contribution < 1.29 is 9.32 Å². The maximum atomic E-state index is 12.2. The van der Waals surface area contributed by atoms with Crippen LogP contribution in [0.1, 0.15) is 16.1 Å². The Morgan fingerprint density at radius 3 is 2.95 bits per heavy atom. The van der Waals surface area contributed by atoms with Crippen molar-refractivity contribution in [1.29, 1.82) is 0 Å². The molecule has 0 saturated heterocycles. The lowest BCUT2D eigenvalue weighted by Crippen LogP contribution is -2.12. The maximum absolute atomic E-state index is 12.2. The summed E-state index contributed by atoms with van der Waals surface area (Å²) in [7, 11) is 0. The highest BCUT2D eigenvalue weighted by Gasteiger charge is 2.14. The van der Waals surface area contributed by atoms with Crippen LogP contribution in [0, 0.1) is 6.92 Å². The number of carbonyl (C=O) groups excluding carboxylic acids is 1. The Balaban J connectivity index is 1.99. The van der Waals surface area contributed by atoms with Gasteiger partial charge in [0.15, 0.2) is 0 Å². The summed E-state index contributed by atoms with van der Waals surface area (Å²) in [5.41, 5.74) is 1.80. The van der Waals surface area contributed by atoms with Gasteiger partial charge in [0.1, 0.15) is 11.3 Å². The first-order chi connectivity index (χ1) is 9.65. The first kappa shape index (κ1) is 12.8. The predicted octanol–water partition coefficient (Wildman–Crippen LogP) is 3.55. The van der Waals surface area contributed by atoms with Gasteiger partial charge in [0.05, 0.1) is 17.4 Å². The SMILES string of the molecule is Cc1oncc1C(=O)Nc1cccc2cc(Br)cnc12. The van der Waals surface area contributed by atoms with Crippen LogP contribution in [0.25, 0.3) is 10.9 Å². The molecule has 3 aromatic rings. The van der Waals surface area contributed by atoms with Crippen LogP contribution in [0.15, 0.2) is 45.7 Å². The molecule has 6 heteroatoms. The molecule has 0 unspecified atom stereocenters. The van der Waals surface area contributed by atoms with Crippen LogP contribution in [0.2, 0.25) is 0 Å². The standard InChI is InChI=1S/C14H10BrN3O2/c1-8-11(7-17-20-8)14(19)18-12-4-2-3-9-5-10(15)6-16-13(9)12/h2-7H,1H3,(H,18,19). The Morgan fingerprint density at radius 1 is 1.35 bits per heavy atom. The number of fused-ring (bicyclic) bond motifs is 1. The van der Waals surface area contributed by atoms with Crippen LogP contribution in [-0.4, -0.2) is 16.0 Å². The Kier molecular flexibility index (Phi) is 3.23. The zero-order valence-electron chi connectivity index (χ0n) is 10.6. The molecule has 0 saturated carbocycles. The minimum absolute atomic E-state index is 0.263. The van der Waals surface area contributed by atoms with Gasteiger partial charge in [-0.2, -0.15) is 0 Å². The van der Waals surface area contributed by atoms with Gasteiger partial charge in [0.25, 0.3) is 5.91 Å². The molecule has 1 amide bonds. The number of halogens is 1. The Labute approximate surface area is 123 Å². The third-order valence-corrected chi connectivity index (χ3v) is 3.35. The maximum Gasteiger partial charge on any atom is 0.260 e. The normalized spacial score (nSPS) is 10.7. The second-order valence-electron chi connectivity index (χ2n) is 4.28. The third kappa shape index (κ3) is 2.30. The van der Waals surface area contributed by atoms with Gasteiger partial charge in [0.2, 0.25) is 0 Å². The molecule has 1 N–H and O–H groups in total. The number of hydrogen-bond acceptors (Lipinski definition) is 4. The molecule has 1 aromatic carbocycles. The van der Waals surface area contributed by atoms with E-state index in [4.69, 9.17) is 4.52 Å². The number of pyridine rings is 1. The molecule has 0 aliphatic carbocycles. The van der Waals surface area contributed by atoms with E-state index in [2.05, 4.69) is 31.4 Å². The number of nitrogens with one attached hydrogen (secondary N) is 1. The predicted molar refractivity (Wildman–Crippen MR) is 78.6 cm³/mol. The Hall–Kier alpha value is -2.21. The van der Waals surface area contributed by atoms with Gasteiger partial charge in [-0.05, 0) is 35.0 Å². The van der Waals surface area contributed by atoms with Gasteiger partial charge in [-0.15, -0.1) is 0 Å². The van der Waals surface area contributed by atoms with E-state index < -0.39 is 0 Å². The lowest BCUT2D eigenvalue weighted by molar-refractivity contribution is 0.102. The van der Waals surface area contributed by atoms with Crippen molar-refractivity contribution in [3.05, 3.63) is 52.5 Å². The van der Waals surface area contributed by atoms with Crippen LogP contribution < -0.4 is 5.32 Å².